The third kappa shape index (κ3) is 6.17. The van der Waals surface area contributed by atoms with Crippen LogP contribution in [0.1, 0.15) is 46.5 Å². The van der Waals surface area contributed by atoms with Crippen LogP contribution in [0.3, 0.4) is 0 Å². The average molecular weight is 276 g/mol. The van der Waals surface area contributed by atoms with E-state index in [-0.39, 0.29) is 19.0 Å². The maximum Gasteiger partial charge on any atom is 0.262 e. The van der Waals surface area contributed by atoms with Crippen LogP contribution in [0.2, 0.25) is 0 Å². The van der Waals surface area contributed by atoms with Crippen LogP contribution in [0.25, 0.3) is 0 Å². The molecule has 0 aromatic rings. The van der Waals surface area contributed by atoms with Crippen molar-refractivity contribution < 1.29 is 8.78 Å². The second kappa shape index (κ2) is 7.53. The molecule has 19 heavy (non-hydrogen) atoms. The van der Waals surface area contributed by atoms with E-state index in [9.17, 15) is 8.78 Å². The second-order valence-electron chi connectivity index (χ2n) is 6.48. The van der Waals surface area contributed by atoms with Crippen LogP contribution in [0.15, 0.2) is 0 Å². The van der Waals surface area contributed by atoms with Crippen LogP contribution in [0.4, 0.5) is 8.78 Å². The van der Waals surface area contributed by atoms with Crippen molar-refractivity contribution in [3.05, 3.63) is 0 Å². The molecule has 1 aliphatic rings. The normalized spacial score (nSPS) is 26.5. The molecule has 0 aromatic heterocycles. The Bertz CT molecular complexity index is 259. The highest BCUT2D eigenvalue weighted by molar-refractivity contribution is 4.89. The van der Waals surface area contributed by atoms with Crippen molar-refractivity contribution in [3.8, 4) is 0 Å². The summed E-state index contributed by atoms with van der Waals surface area (Å²) >= 11 is 0. The van der Waals surface area contributed by atoms with Gasteiger partial charge in [0.2, 0.25) is 0 Å². The zero-order valence-electron chi connectivity index (χ0n) is 12.9. The third-order valence-corrected chi connectivity index (χ3v) is 4.32. The van der Waals surface area contributed by atoms with Gasteiger partial charge in [0.25, 0.3) is 5.92 Å². The lowest BCUT2D eigenvalue weighted by molar-refractivity contribution is 0.0139. The Labute approximate surface area is 116 Å². The molecule has 1 N–H and O–H groups in total. The van der Waals surface area contributed by atoms with Crippen LogP contribution in [0, 0.1) is 11.8 Å². The summed E-state index contributed by atoms with van der Waals surface area (Å²) in [5.41, 5.74) is 0. The van der Waals surface area contributed by atoms with Crippen LogP contribution < -0.4 is 5.32 Å². The zero-order chi connectivity index (χ0) is 14.5. The lowest BCUT2D eigenvalue weighted by Crippen LogP contribution is -2.28. The van der Waals surface area contributed by atoms with Gasteiger partial charge >= 0.3 is 0 Å². The Hall–Kier alpha value is -0.220. The molecule has 0 aliphatic carbocycles. The van der Waals surface area contributed by atoms with E-state index >= 15 is 0 Å². The molecule has 0 radical (unpaired) electrons. The monoisotopic (exact) mass is 276 g/mol. The van der Waals surface area contributed by atoms with Crippen LogP contribution in [-0.2, 0) is 0 Å². The van der Waals surface area contributed by atoms with Gasteiger partial charge < -0.3 is 5.32 Å². The Morgan fingerprint density at radius 1 is 1.32 bits per heavy atom. The lowest BCUT2D eigenvalue weighted by atomic mass is 9.96. The van der Waals surface area contributed by atoms with E-state index in [0.717, 1.165) is 31.8 Å². The maximum absolute atomic E-state index is 13.3. The van der Waals surface area contributed by atoms with Gasteiger partial charge in [0.15, 0.2) is 0 Å². The van der Waals surface area contributed by atoms with Crippen LogP contribution >= 0.6 is 0 Å². The fourth-order valence-corrected chi connectivity index (χ4v) is 2.75. The van der Waals surface area contributed by atoms with Crippen molar-refractivity contribution in [2.45, 2.75) is 58.4 Å². The number of nitrogens with zero attached hydrogens (tertiary/aromatic N) is 1. The highest BCUT2D eigenvalue weighted by Crippen LogP contribution is 2.34. The number of nitrogens with one attached hydrogen (secondary N) is 1. The Balaban J connectivity index is 2.16. The molecule has 1 aliphatic heterocycles. The molecule has 1 heterocycles. The molecule has 4 heteroatoms. The predicted molar refractivity (Wildman–Crippen MR) is 76.7 cm³/mol. The molecule has 0 aromatic carbocycles. The molecule has 1 fully saturated rings. The maximum atomic E-state index is 13.3. The van der Waals surface area contributed by atoms with E-state index in [1.54, 1.807) is 0 Å². The first-order valence-corrected chi connectivity index (χ1v) is 7.63. The van der Waals surface area contributed by atoms with Gasteiger partial charge in [0.05, 0.1) is 6.54 Å². The van der Waals surface area contributed by atoms with Gasteiger partial charge in [-0.2, -0.15) is 0 Å². The quantitative estimate of drug-likeness (QED) is 0.684. The van der Waals surface area contributed by atoms with Crippen molar-refractivity contribution in [2.24, 2.45) is 11.8 Å². The molecule has 0 spiro atoms. The van der Waals surface area contributed by atoms with E-state index in [1.807, 2.05) is 11.9 Å². The number of rotatable bonds is 8. The standard InChI is InChI=1S/C15H30F2N2/c1-5-12(2)10-18-7-6-13(3)8-14-9-15(16,17)11-19(14)4/h12-14,18H,5-11H2,1-4H3/t12-,13?,14+/m1/s1. The topological polar surface area (TPSA) is 15.3 Å². The van der Waals surface area contributed by atoms with Gasteiger partial charge in [-0.1, -0.05) is 27.2 Å². The van der Waals surface area contributed by atoms with Crippen molar-refractivity contribution in [3.63, 3.8) is 0 Å². The van der Waals surface area contributed by atoms with Gasteiger partial charge in [-0.3, -0.25) is 4.90 Å². The molecule has 0 bridgehead atoms. The summed E-state index contributed by atoms with van der Waals surface area (Å²) in [6, 6.07) is 0.0552. The minimum Gasteiger partial charge on any atom is -0.316 e. The van der Waals surface area contributed by atoms with Crippen molar-refractivity contribution in [2.75, 3.05) is 26.7 Å². The average Bonchev–Trinajstić information content (AvgIpc) is 2.57. The first kappa shape index (κ1) is 16.8. The summed E-state index contributed by atoms with van der Waals surface area (Å²) in [5.74, 6) is -1.26. The second-order valence-corrected chi connectivity index (χ2v) is 6.48. The van der Waals surface area contributed by atoms with Gasteiger partial charge in [-0.25, -0.2) is 8.78 Å². The van der Waals surface area contributed by atoms with Gasteiger partial charge in [0, 0.05) is 12.5 Å². The fourth-order valence-electron chi connectivity index (χ4n) is 2.75. The van der Waals surface area contributed by atoms with E-state index in [1.165, 1.54) is 6.42 Å². The molecule has 114 valence electrons. The fraction of sp³-hybridized carbons (Fsp3) is 1.00. The predicted octanol–water partition coefficient (Wildman–Crippen LogP) is 3.38. The van der Waals surface area contributed by atoms with Crippen molar-refractivity contribution in [1.29, 1.82) is 0 Å². The van der Waals surface area contributed by atoms with Crippen molar-refractivity contribution >= 4 is 0 Å². The van der Waals surface area contributed by atoms with E-state index in [2.05, 4.69) is 26.1 Å². The minimum atomic E-state index is -2.48. The zero-order valence-corrected chi connectivity index (χ0v) is 12.9. The number of hydrogen-bond donors (Lipinski definition) is 1. The highest BCUT2D eigenvalue weighted by atomic mass is 19.3. The number of hydrogen-bond acceptors (Lipinski definition) is 2. The number of likely N-dealkylation sites (tertiary alicyclic amines) is 1. The van der Waals surface area contributed by atoms with E-state index < -0.39 is 5.92 Å². The van der Waals surface area contributed by atoms with E-state index in [4.69, 9.17) is 0 Å². The molecule has 1 rings (SSSR count). The van der Waals surface area contributed by atoms with Gasteiger partial charge in [-0.05, 0) is 44.8 Å². The first-order chi connectivity index (χ1) is 8.84. The number of halogens is 2. The summed E-state index contributed by atoms with van der Waals surface area (Å²) in [7, 11) is 1.82. The Morgan fingerprint density at radius 2 is 2.00 bits per heavy atom. The molecule has 0 amide bonds. The molecule has 3 atom stereocenters. The van der Waals surface area contributed by atoms with Crippen molar-refractivity contribution in [1.82, 2.24) is 10.2 Å². The van der Waals surface area contributed by atoms with Crippen LogP contribution in [0.5, 0.6) is 0 Å². The largest absolute Gasteiger partial charge is 0.316 e. The Kier molecular flexibility index (Phi) is 6.67. The minimum absolute atomic E-state index is 0.0359. The SMILES string of the molecule is CC[C@@H](C)CNCCC(C)C[C@H]1CC(F)(F)CN1C. The van der Waals surface area contributed by atoms with Crippen LogP contribution in [-0.4, -0.2) is 43.5 Å². The number of alkyl halides is 2. The Morgan fingerprint density at radius 3 is 2.53 bits per heavy atom. The smallest absolute Gasteiger partial charge is 0.262 e. The third-order valence-electron chi connectivity index (χ3n) is 4.32. The van der Waals surface area contributed by atoms with Gasteiger partial charge in [0.1, 0.15) is 0 Å². The summed E-state index contributed by atoms with van der Waals surface area (Å²) in [6.07, 6.45) is 3.20. The summed E-state index contributed by atoms with van der Waals surface area (Å²) in [6.45, 7) is 8.60. The molecular weight excluding hydrogens is 246 g/mol. The molecule has 1 unspecified atom stereocenters. The highest BCUT2D eigenvalue weighted by Gasteiger charge is 2.43. The van der Waals surface area contributed by atoms with Gasteiger partial charge in [-0.15, -0.1) is 0 Å². The lowest BCUT2D eigenvalue weighted by Gasteiger charge is -2.22. The molecule has 0 saturated carbocycles. The summed E-state index contributed by atoms with van der Waals surface area (Å²) < 4.78 is 26.6. The van der Waals surface area contributed by atoms with E-state index in [0.29, 0.717) is 5.92 Å². The summed E-state index contributed by atoms with van der Waals surface area (Å²) in [5, 5.41) is 3.46. The molecular formula is C15H30F2N2. The molecule has 1 saturated heterocycles. The first-order valence-electron chi connectivity index (χ1n) is 7.63. The molecule has 2 nitrogen and oxygen atoms in total. The summed E-state index contributed by atoms with van der Waals surface area (Å²) in [4.78, 5) is 1.82.